The van der Waals surface area contributed by atoms with Gasteiger partial charge < -0.3 is 10.0 Å². The standard InChI is InChI=1S/C18H24F3N5O2/c19-18(20,21)12-3-1-10(2-4-12)15-13-9-26(6-5-14(13)23-25-15)8-11-7-22-24-16(11)17(27)28/h1-4,11,13-16,22-25H,5-9H2,(H,27,28). The zero-order chi connectivity index (χ0) is 19.9. The second-order valence-corrected chi connectivity index (χ2v) is 7.81. The number of hydrazine groups is 2. The Morgan fingerprint density at radius 1 is 1.18 bits per heavy atom. The zero-order valence-corrected chi connectivity index (χ0v) is 15.2. The molecule has 28 heavy (non-hydrogen) atoms. The molecule has 0 radical (unpaired) electrons. The normalized spacial score (nSPS) is 33.8. The number of rotatable bonds is 4. The summed E-state index contributed by atoms with van der Waals surface area (Å²) in [4.78, 5) is 13.6. The Morgan fingerprint density at radius 3 is 2.61 bits per heavy atom. The highest BCUT2D eigenvalue weighted by molar-refractivity contribution is 5.74. The van der Waals surface area contributed by atoms with E-state index in [0.717, 1.165) is 37.2 Å². The summed E-state index contributed by atoms with van der Waals surface area (Å²) in [6, 6.07) is 4.88. The van der Waals surface area contributed by atoms with Crippen molar-refractivity contribution in [3.8, 4) is 0 Å². The molecule has 154 valence electrons. The minimum absolute atomic E-state index is 0.0270. The molecule has 5 N–H and O–H groups in total. The molecule has 0 bridgehead atoms. The highest BCUT2D eigenvalue weighted by Crippen LogP contribution is 2.36. The van der Waals surface area contributed by atoms with Gasteiger partial charge in [-0.2, -0.15) is 13.2 Å². The van der Waals surface area contributed by atoms with Crippen LogP contribution in [0.15, 0.2) is 24.3 Å². The molecule has 10 heteroatoms. The van der Waals surface area contributed by atoms with Gasteiger partial charge in [0.25, 0.3) is 0 Å². The second-order valence-electron chi connectivity index (χ2n) is 7.81. The van der Waals surface area contributed by atoms with E-state index in [1.54, 1.807) is 0 Å². The van der Waals surface area contributed by atoms with E-state index in [4.69, 9.17) is 0 Å². The van der Waals surface area contributed by atoms with Crippen LogP contribution in [0.25, 0.3) is 0 Å². The largest absolute Gasteiger partial charge is 0.480 e. The predicted molar refractivity (Wildman–Crippen MR) is 94.8 cm³/mol. The van der Waals surface area contributed by atoms with E-state index < -0.39 is 23.8 Å². The lowest BCUT2D eigenvalue weighted by atomic mass is 9.84. The van der Waals surface area contributed by atoms with Gasteiger partial charge in [-0.1, -0.05) is 12.1 Å². The molecule has 0 aliphatic carbocycles. The average Bonchev–Trinajstić information content (AvgIpc) is 3.28. The minimum atomic E-state index is -4.34. The number of likely N-dealkylation sites (tertiary alicyclic amines) is 1. The summed E-state index contributed by atoms with van der Waals surface area (Å²) in [5, 5.41) is 9.31. The van der Waals surface area contributed by atoms with Gasteiger partial charge in [-0.3, -0.25) is 15.6 Å². The van der Waals surface area contributed by atoms with Crippen LogP contribution in [0, 0.1) is 11.8 Å². The van der Waals surface area contributed by atoms with Crippen LogP contribution >= 0.6 is 0 Å². The van der Waals surface area contributed by atoms with Crippen molar-refractivity contribution in [2.75, 3.05) is 26.2 Å². The number of hydrogen-bond donors (Lipinski definition) is 5. The number of piperidine rings is 1. The fourth-order valence-electron chi connectivity index (χ4n) is 4.55. The molecule has 3 saturated heterocycles. The molecule has 3 fully saturated rings. The molecule has 3 heterocycles. The maximum atomic E-state index is 12.8. The maximum Gasteiger partial charge on any atom is 0.416 e. The lowest BCUT2D eigenvalue weighted by Crippen LogP contribution is -2.49. The van der Waals surface area contributed by atoms with Crippen molar-refractivity contribution < 1.29 is 23.1 Å². The molecule has 1 aromatic carbocycles. The van der Waals surface area contributed by atoms with Crippen LogP contribution in [0.2, 0.25) is 0 Å². The summed E-state index contributed by atoms with van der Waals surface area (Å²) in [5.74, 6) is -0.686. The topological polar surface area (TPSA) is 88.7 Å². The Bertz CT molecular complexity index is 714. The van der Waals surface area contributed by atoms with E-state index in [1.165, 1.54) is 12.1 Å². The summed E-state index contributed by atoms with van der Waals surface area (Å²) < 4.78 is 38.4. The smallest absolute Gasteiger partial charge is 0.416 e. The Labute approximate surface area is 160 Å². The van der Waals surface area contributed by atoms with E-state index >= 15 is 0 Å². The van der Waals surface area contributed by atoms with Crippen LogP contribution in [-0.4, -0.2) is 54.2 Å². The number of aliphatic carboxylic acids is 1. The number of carbonyl (C=O) groups is 1. The van der Waals surface area contributed by atoms with Gasteiger partial charge in [-0.05, 0) is 30.7 Å². The first-order valence-corrected chi connectivity index (χ1v) is 9.44. The first kappa shape index (κ1) is 19.6. The third kappa shape index (κ3) is 3.87. The van der Waals surface area contributed by atoms with Crippen molar-refractivity contribution in [2.24, 2.45) is 11.8 Å². The average molecular weight is 399 g/mol. The minimum Gasteiger partial charge on any atom is -0.480 e. The van der Waals surface area contributed by atoms with E-state index in [9.17, 15) is 23.1 Å². The second kappa shape index (κ2) is 7.60. The molecule has 0 amide bonds. The Morgan fingerprint density at radius 2 is 1.93 bits per heavy atom. The Kier molecular flexibility index (Phi) is 5.32. The number of benzene rings is 1. The number of hydrogen-bond acceptors (Lipinski definition) is 6. The summed E-state index contributed by atoms with van der Waals surface area (Å²) in [7, 11) is 0. The molecule has 3 aliphatic heterocycles. The fraction of sp³-hybridized carbons (Fsp3) is 0.611. The van der Waals surface area contributed by atoms with Gasteiger partial charge in [0.15, 0.2) is 0 Å². The van der Waals surface area contributed by atoms with Crippen LogP contribution in [0.1, 0.15) is 23.6 Å². The van der Waals surface area contributed by atoms with Crippen molar-refractivity contribution in [3.63, 3.8) is 0 Å². The van der Waals surface area contributed by atoms with E-state index in [2.05, 4.69) is 26.6 Å². The van der Waals surface area contributed by atoms with Gasteiger partial charge in [-0.25, -0.2) is 10.9 Å². The molecular weight excluding hydrogens is 375 g/mol. The van der Waals surface area contributed by atoms with Crippen LogP contribution in [-0.2, 0) is 11.0 Å². The van der Waals surface area contributed by atoms with Crippen molar-refractivity contribution in [1.29, 1.82) is 0 Å². The molecule has 0 saturated carbocycles. The van der Waals surface area contributed by atoms with Gasteiger partial charge in [0.05, 0.1) is 11.6 Å². The van der Waals surface area contributed by atoms with Gasteiger partial charge >= 0.3 is 12.1 Å². The molecule has 4 rings (SSSR count). The molecule has 1 aromatic rings. The number of nitrogens with one attached hydrogen (secondary N) is 4. The Balaban J connectivity index is 1.43. The molecule has 0 spiro atoms. The van der Waals surface area contributed by atoms with Crippen LogP contribution in [0.3, 0.4) is 0 Å². The van der Waals surface area contributed by atoms with Crippen LogP contribution in [0.5, 0.6) is 0 Å². The van der Waals surface area contributed by atoms with E-state index in [1.807, 2.05) is 0 Å². The lowest BCUT2D eigenvalue weighted by Gasteiger charge is -2.37. The van der Waals surface area contributed by atoms with Crippen molar-refractivity contribution in [2.45, 2.75) is 30.7 Å². The van der Waals surface area contributed by atoms with Gasteiger partial charge in [-0.15, -0.1) is 0 Å². The first-order chi connectivity index (χ1) is 13.3. The Hall–Kier alpha value is -1.72. The summed E-state index contributed by atoms with van der Waals surface area (Å²) >= 11 is 0. The van der Waals surface area contributed by atoms with Crippen molar-refractivity contribution >= 4 is 5.97 Å². The third-order valence-electron chi connectivity index (χ3n) is 6.04. The summed E-state index contributed by atoms with van der Waals surface area (Å²) in [6.07, 6.45) is -3.44. The molecule has 3 aliphatic rings. The maximum absolute atomic E-state index is 12.8. The highest BCUT2D eigenvalue weighted by Gasteiger charge is 2.42. The molecule has 5 atom stereocenters. The number of halogens is 3. The van der Waals surface area contributed by atoms with E-state index in [0.29, 0.717) is 13.1 Å². The molecule has 0 aromatic heterocycles. The SMILES string of the molecule is O=C(O)C1NNCC1CN1CCC2NNC(c3ccc(C(F)(F)F)cc3)C2C1. The van der Waals surface area contributed by atoms with Crippen molar-refractivity contribution in [3.05, 3.63) is 35.4 Å². The van der Waals surface area contributed by atoms with Gasteiger partial charge in [0.1, 0.15) is 6.04 Å². The number of carboxylic acids is 1. The molecular formula is C18H24F3N5O2. The molecule has 7 nitrogen and oxygen atoms in total. The first-order valence-electron chi connectivity index (χ1n) is 9.44. The zero-order valence-electron chi connectivity index (χ0n) is 15.2. The third-order valence-corrected chi connectivity index (χ3v) is 6.04. The fourth-order valence-corrected chi connectivity index (χ4v) is 4.55. The number of alkyl halides is 3. The van der Waals surface area contributed by atoms with Crippen LogP contribution < -0.4 is 21.7 Å². The summed E-state index contributed by atoms with van der Waals surface area (Å²) in [5.41, 5.74) is 12.4. The van der Waals surface area contributed by atoms with E-state index in [-0.39, 0.29) is 23.9 Å². The van der Waals surface area contributed by atoms with Crippen molar-refractivity contribution in [1.82, 2.24) is 26.6 Å². The highest BCUT2D eigenvalue weighted by atomic mass is 19.4. The van der Waals surface area contributed by atoms with Gasteiger partial charge in [0, 0.05) is 37.5 Å². The molecule has 5 unspecified atom stereocenters. The lowest BCUT2D eigenvalue weighted by molar-refractivity contribution is -0.140. The predicted octanol–water partition coefficient (Wildman–Crippen LogP) is 0.722. The van der Waals surface area contributed by atoms with Crippen LogP contribution in [0.4, 0.5) is 13.2 Å². The quantitative estimate of drug-likeness (QED) is 0.510. The number of nitrogens with zero attached hydrogens (tertiary/aromatic N) is 1. The van der Waals surface area contributed by atoms with Gasteiger partial charge in [0.2, 0.25) is 0 Å². The number of carboxylic acid groups (broad SMARTS) is 1. The monoisotopic (exact) mass is 399 g/mol. The number of fused-ring (bicyclic) bond motifs is 1. The summed E-state index contributed by atoms with van der Waals surface area (Å²) in [6.45, 7) is 2.89.